The lowest BCUT2D eigenvalue weighted by molar-refractivity contribution is 0.0216. The van der Waals surface area contributed by atoms with Crippen molar-refractivity contribution >= 4 is 16.9 Å². The average molecular weight is 350 g/mol. The summed E-state index contributed by atoms with van der Waals surface area (Å²) in [5, 5.41) is 4.12. The Hall–Kier alpha value is -2.60. The van der Waals surface area contributed by atoms with E-state index < -0.39 is 0 Å². The minimum Gasteiger partial charge on any atom is -0.440 e. The highest BCUT2D eigenvalue weighted by Crippen LogP contribution is 2.32. The fourth-order valence-corrected chi connectivity index (χ4v) is 4.42. The number of carbonyl (C=O) groups is 1. The lowest BCUT2D eigenvalue weighted by Gasteiger charge is -2.49. The number of furan rings is 1. The maximum atomic E-state index is 12.8. The molecule has 0 aromatic carbocycles. The topological polar surface area (TPSA) is 63.3 Å². The Morgan fingerprint density at radius 3 is 2.73 bits per heavy atom. The molecule has 26 heavy (non-hydrogen) atoms. The molecule has 6 heterocycles. The molecule has 3 aliphatic heterocycles. The first-order chi connectivity index (χ1) is 12.7. The molecule has 6 heteroatoms. The zero-order valence-corrected chi connectivity index (χ0v) is 14.8. The number of amides is 1. The number of aromatic nitrogens is 2. The predicted molar refractivity (Wildman–Crippen MR) is 98.3 cm³/mol. The summed E-state index contributed by atoms with van der Waals surface area (Å²) in [6.45, 7) is 4.51. The summed E-state index contributed by atoms with van der Waals surface area (Å²) in [6.07, 6.45) is 7.89. The predicted octanol–water partition coefficient (Wildman–Crippen LogP) is 2.83. The Balaban J connectivity index is 1.39. The summed E-state index contributed by atoms with van der Waals surface area (Å²) in [6, 6.07) is 8.15. The van der Waals surface area contributed by atoms with Crippen molar-refractivity contribution in [3.63, 3.8) is 0 Å². The molecule has 0 unspecified atom stereocenters. The van der Waals surface area contributed by atoms with Crippen LogP contribution in [0.25, 0.3) is 16.9 Å². The quantitative estimate of drug-likeness (QED) is 0.789. The van der Waals surface area contributed by atoms with Crippen molar-refractivity contribution in [1.29, 1.82) is 0 Å². The van der Waals surface area contributed by atoms with Crippen molar-refractivity contribution in [1.82, 2.24) is 19.8 Å². The minimum absolute atomic E-state index is 0.114. The number of hydrogen-bond donors (Lipinski definition) is 1. The van der Waals surface area contributed by atoms with E-state index in [1.807, 2.05) is 35.2 Å². The first kappa shape index (κ1) is 15.6. The molecule has 2 atom stereocenters. The Labute approximate surface area is 151 Å². The number of carbonyl (C=O) groups excluding carboxylic acids is 1. The van der Waals surface area contributed by atoms with Crippen LogP contribution < -0.4 is 5.32 Å². The van der Waals surface area contributed by atoms with Gasteiger partial charge >= 0.3 is 0 Å². The van der Waals surface area contributed by atoms with Crippen molar-refractivity contribution in [3.8, 4) is 5.88 Å². The van der Waals surface area contributed by atoms with Crippen LogP contribution in [0, 0.1) is 5.92 Å². The van der Waals surface area contributed by atoms with E-state index in [-0.39, 0.29) is 11.9 Å². The minimum atomic E-state index is -0.114. The molecular formula is C20H22N4O2. The monoisotopic (exact) mass is 350 g/mol. The van der Waals surface area contributed by atoms with Crippen LogP contribution in [-0.4, -0.2) is 45.5 Å². The number of nitrogens with one attached hydrogen (secondary N) is 1. The van der Waals surface area contributed by atoms with Gasteiger partial charge in [0.1, 0.15) is 11.3 Å². The second-order valence-electron chi connectivity index (χ2n) is 7.40. The molecular weight excluding hydrogens is 328 g/mol. The molecule has 0 aliphatic carbocycles. The molecule has 134 valence electrons. The summed E-state index contributed by atoms with van der Waals surface area (Å²) in [4.78, 5) is 19.6. The Morgan fingerprint density at radius 1 is 1.23 bits per heavy atom. The van der Waals surface area contributed by atoms with Crippen LogP contribution in [0.3, 0.4) is 0 Å². The Kier molecular flexibility index (Phi) is 3.60. The standard InChI is InChI=1S/C20H22N4O2/c1-13-19(14-4-8-23(13)9-5-14)22-20(25)16-11-17-15(12-21-16)10-18(26-17)24-6-2-3-7-24/h2-3,6-7,10-14,19H,4-5,8-9H2,1H3,(H,22,25)/t13-,19-/m0/s1. The largest absolute Gasteiger partial charge is 0.440 e. The zero-order chi connectivity index (χ0) is 17.7. The molecule has 2 bridgehead atoms. The lowest BCUT2D eigenvalue weighted by Crippen LogP contribution is -2.62. The highest BCUT2D eigenvalue weighted by molar-refractivity contribution is 5.95. The van der Waals surface area contributed by atoms with Crippen molar-refractivity contribution in [2.45, 2.75) is 31.8 Å². The molecule has 3 aromatic rings. The van der Waals surface area contributed by atoms with Crippen LogP contribution >= 0.6 is 0 Å². The van der Waals surface area contributed by atoms with Gasteiger partial charge < -0.3 is 9.73 Å². The maximum Gasteiger partial charge on any atom is 0.270 e. The average Bonchev–Trinajstić information content (AvgIpc) is 3.33. The van der Waals surface area contributed by atoms with Crippen LogP contribution in [0.2, 0.25) is 0 Å². The molecule has 6 nitrogen and oxygen atoms in total. The van der Waals surface area contributed by atoms with E-state index in [1.165, 1.54) is 12.8 Å². The van der Waals surface area contributed by atoms with E-state index in [9.17, 15) is 4.79 Å². The van der Waals surface area contributed by atoms with Gasteiger partial charge in [0.2, 0.25) is 5.88 Å². The van der Waals surface area contributed by atoms with E-state index in [4.69, 9.17) is 4.42 Å². The molecule has 0 radical (unpaired) electrons. The van der Waals surface area contributed by atoms with E-state index in [1.54, 1.807) is 12.3 Å². The summed E-state index contributed by atoms with van der Waals surface area (Å²) >= 11 is 0. The van der Waals surface area contributed by atoms with Crippen molar-refractivity contribution < 1.29 is 9.21 Å². The van der Waals surface area contributed by atoms with Crippen LogP contribution in [0.4, 0.5) is 0 Å². The highest BCUT2D eigenvalue weighted by atomic mass is 16.4. The second kappa shape index (κ2) is 5.99. The number of rotatable bonds is 3. The third kappa shape index (κ3) is 2.52. The highest BCUT2D eigenvalue weighted by Gasteiger charge is 2.40. The Morgan fingerprint density at radius 2 is 2.00 bits per heavy atom. The van der Waals surface area contributed by atoms with Crippen LogP contribution in [0.1, 0.15) is 30.3 Å². The van der Waals surface area contributed by atoms with Crippen molar-refractivity contribution in [3.05, 3.63) is 48.5 Å². The molecule has 1 amide bonds. The van der Waals surface area contributed by atoms with Crippen LogP contribution in [0.5, 0.6) is 0 Å². The number of fused-ring (bicyclic) bond motifs is 4. The first-order valence-corrected chi connectivity index (χ1v) is 9.27. The number of piperidine rings is 3. The van der Waals surface area contributed by atoms with Gasteiger partial charge in [-0.3, -0.25) is 19.2 Å². The van der Waals surface area contributed by atoms with E-state index in [0.717, 1.165) is 24.4 Å². The maximum absolute atomic E-state index is 12.8. The number of hydrogen-bond acceptors (Lipinski definition) is 4. The summed E-state index contributed by atoms with van der Waals surface area (Å²) in [7, 11) is 0. The third-order valence-electron chi connectivity index (χ3n) is 5.96. The van der Waals surface area contributed by atoms with Crippen LogP contribution in [0.15, 0.2) is 47.3 Å². The van der Waals surface area contributed by atoms with Gasteiger partial charge in [-0.05, 0) is 50.9 Å². The molecule has 1 N–H and O–H groups in total. The van der Waals surface area contributed by atoms with Gasteiger partial charge in [-0.25, -0.2) is 0 Å². The third-order valence-corrected chi connectivity index (χ3v) is 5.96. The van der Waals surface area contributed by atoms with Gasteiger partial charge in [-0.2, -0.15) is 0 Å². The number of pyridine rings is 1. The van der Waals surface area contributed by atoms with Crippen molar-refractivity contribution in [2.75, 3.05) is 13.1 Å². The SMILES string of the molecule is C[C@H]1[C@H](NC(=O)c2cc3oc(-n4cccc4)cc3cn2)C2CCN1CC2. The van der Waals surface area contributed by atoms with Crippen LogP contribution in [-0.2, 0) is 0 Å². The second-order valence-corrected chi connectivity index (χ2v) is 7.40. The smallest absolute Gasteiger partial charge is 0.270 e. The molecule has 3 aliphatic rings. The normalized spacial score (nSPS) is 27.7. The van der Waals surface area contributed by atoms with Gasteiger partial charge in [0, 0.05) is 48.2 Å². The molecule has 3 saturated heterocycles. The van der Waals surface area contributed by atoms with Gasteiger partial charge in [-0.15, -0.1) is 0 Å². The number of nitrogens with zero attached hydrogens (tertiary/aromatic N) is 3. The fraction of sp³-hybridized carbons (Fsp3) is 0.400. The molecule has 0 saturated carbocycles. The summed E-state index contributed by atoms with van der Waals surface area (Å²) < 4.78 is 7.80. The first-order valence-electron chi connectivity index (χ1n) is 9.27. The van der Waals surface area contributed by atoms with E-state index >= 15 is 0 Å². The molecule has 6 rings (SSSR count). The molecule has 3 aromatic heterocycles. The van der Waals surface area contributed by atoms with Gasteiger partial charge in [0.15, 0.2) is 0 Å². The fourth-order valence-electron chi connectivity index (χ4n) is 4.42. The van der Waals surface area contributed by atoms with E-state index in [2.05, 4.69) is 22.1 Å². The van der Waals surface area contributed by atoms with Crippen molar-refractivity contribution in [2.24, 2.45) is 5.92 Å². The molecule has 3 fully saturated rings. The summed E-state index contributed by atoms with van der Waals surface area (Å²) in [5.41, 5.74) is 1.09. The van der Waals surface area contributed by atoms with E-state index in [0.29, 0.717) is 23.2 Å². The zero-order valence-electron chi connectivity index (χ0n) is 14.8. The van der Waals surface area contributed by atoms with Gasteiger partial charge in [0.05, 0.1) is 0 Å². The Bertz CT molecular complexity index is 936. The molecule has 0 spiro atoms. The van der Waals surface area contributed by atoms with Gasteiger partial charge in [-0.1, -0.05) is 0 Å². The lowest BCUT2D eigenvalue weighted by atomic mass is 9.79. The summed E-state index contributed by atoms with van der Waals surface area (Å²) in [5.74, 6) is 1.18. The van der Waals surface area contributed by atoms with Gasteiger partial charge in [0.25, 0.3) is 5.91 Å².